The normalized spacial score (nSPS) is 29.7. The minimum atomic E-state index is -3.58. The summed E-state index contributed by atoms with van der Waals surface area (Å²) in [5.41, 5.74) is 4.46. The zero-order chi connectivity index (χ0) is 38.5. The number of carbonyl (C=O) groups is 3. The fourth-order valence-corrected chi connectivity index (χ4v) is 11.4. The minimum Gasteiger partial charge on any atom is -0.490 e. The molecule has 2 bridgehead atoms. The Hall–Kier alpha value is -4.13. The lowest BCUT2D eigenvalue weighted by Crippen LogP contribution is -2.49. The Labute approximate surface area is 328 Å². The van der Waals surface area contributed by atoms with Gasteiger partial charge in [0.1, 0.15) is 15.7 Å². The van der Waals surface area contributed by atoms with Crippen molar-refractivity contribution in [3.05, 3.63) is 93.8 Å². The molecule has 1 fully saturated rings. The number of nitrogens with zero attached hydrogens (tertiary/aromatic N) is 4. The molecule has 292 valence electrons. The summed E-state index contributed by atoms with van der Waals surface area (Å²) >= 11 is 6.47. The number of aromatic nitrogens is 1. The number of ether oxygens (including phenoxy) is 2. The van der Waals surface area contributed by atoms with Crippen molar-refractivity contribution < 1.29 is 28.1 Å². The zero-order valence-corrected chi connectivity index (χ0v) is 33.4. The van der Waals surface area contributed by atoms with Crippen molar-refractivity contribution in [1.82, 2.24) is 14.2 Å². The molecule has 1 unspecified atom stereocenters. The lowest BCUT2D eigenvalue weighted by atomic mass is 9.68. The van der Waals surface area contributed by atoms with Crippen LogP contribution in [0.2, 0.25) is 5.02 Å². The van der Waals surface area contributed by atoms with Crippen LogP contribution in [-0.2, 0) is 44.4 Å². The molecule has 55 heavy (non-hydrogen) atoms. The first-order chi connectivity index (χ1) is 26.4. The van der Waals surface area contributed by atoms with Crippen molar-refractivity contribution in [3.8, 4) is 5.75 Å². The number of halogens is 1. The summed E-state index contributed by atoms with van der Waals surface area (Å²) in [6.07, 6.45) is 11.5. The van der Waals surface area contributed by atoms with Gasteiger partial charge in [-0.3, -0.25) is 19.1 Å². The van der Waals surface area contributed by atoms with Gasteiger partial charge in [0.25, 0.3) is 11.8 Å². The second kappa shape index (κ2) is 15.1. The first-order valence-electron chi connectivity index (χ1n) is 19.5. The number of rotatable bonds is 3. The van der Waals surface area contributed by atoms with E-state index in [1.165, 1.54) is 18.1 Å². The standard InChI is InChI=1S/C42H50ClN5O6S/c1-27-6-4-8-38(53-3)35-12-9-31(35)21-48-25-42(15-5-7-29-18-33(43)11-13-36(29)42)26-54-39-14-10-30(20-37(39)48)40(50)44-55(52,24-27)45-41(51)32-19-34-23-46(28(2)49)16-17-47(34)22-32/h4,8,10-11,13-14,18-20,22,27,31,35,38H,5-7,9,12,15-17,21,23-26H2,1-3H3,(H,44,45,50,51,52)/b8-4-/t27-,31-,35+,38-,42-,55?/m0/s1. The highest BCUT2D eigenvalue weighted by molar-refractivity contribution is 7.92. The minimum absolute atomic E-state index is 0.0175. The summed E-state index contributed by atoms with van der Waals surface area (Å²) in [6, 6.07) is 13.3. The van der Waals surface area contributed by atoms with Gasteiger partial charge in [-0.15, -0.1) is 4.36 Å². The highest BCUT2D eigenvalue weighted by atomic mass is 35.5. The first-order valence-corrected chi connectivity index (χ1v) is 21.5. The molecule has 8 rings (SSSR count). The van der Waals surface area contributed by atoms with E-state index < -0.39 is 21.7 Å². The van der Waals surface area contributed by atoms with Crippen LogP contribution < -0.4 is 14.4 Å². The molecule has 1 N–H and O–H groups in total. The Balaban J connectivity index is 1.16. The third kappa shape index (κ3) is 7.57. The molecule has 4 heterocycles. The van der Waals surface area contributed by atoms with Gasteiger partial charge in [-0.1, -0.05) is 36.7 Å². The van der Waals surface area contributed by atoms with E-state index in [9.17, 15) is 18.6 Å². The van der Waals surface area contributed by atoms with Crippen molar-refractivity contribution in [3.63, 3.8) is 0 Å². The van der Waals surface area contributed by atoms with Crippen LogP contribution in [-0.4, -0.2) is 76.6 Å². The number of benzene rings is 2. The maximum atomic E-state index is 14.8. The van der Waals surface area contributed by atoms with Crippen molar-refractivity contribution in [2.45, 2.75) is 77.0 Å². The molecule has 0 saturated heterocycles. The van der Waals surface area contributed by atoms with Crippen molar-refractivity contribution in [1.29, 1.82) is 0 Å². The van der Waals surface area contributed by atoms with Gasteiger partial charge in [0.2, 0.25) is 5.91 Å². The van der Waals surface area contributed by atoms with Crippen molar-refractivity contribution >= 4 is 44.9 Å². The molecule has 13 heteroatoms. The SMILES string of the molecule is CO[C@H]1/C=C\C[C@H](C)CS(=O)(NC(=O)c2cc3n(c2)CCN(C(C)=O)C3)=NC(=O)c2ccc3c(c2)N(C[C@@H]2CC[C@H]21)C[C@@]1(CCCc2cc(Cl)ccc21)CO3. The maximum Gasteiger partial charge on any atom is 0.286 e. The van der Waals surface area contributed by atoms with Crippen LogP contribution in [0.4, 0.5) is 5.69 Å². The van der Waals surface area contributed by atoms with Crippen LogP contribution in [0.1, 0.15) is 83.5 Å². The van der Waals surface area contributed by atoms with Gasteiger partial charge in [-0.2, -0.15) is 0 Å². The summed E-state index contributed by atoms with van der Waals surface area (Å²) in [5.74, 6) is -0.0671. The van der Waals surface area contributed by atoms with Crippen LogP contribution in [0.15, 0.2) is 65.2 Å². The molecular weight excluding hydrogens is 738 g/mol. The number of fused-ring (bicyclic) bond motifs is 5. The molecule has 5 aliphatic rings. The molecule has 1 saturated carbocycles. The average molecular weight is 788 g/mol. The number of hydrogen-bond donors (Lipinski definition) is 1. The molecular formula is C42H50ClN5O6S. The lowest BCUT2D eigenvalue weighted by Gasteiger charge is -2.46. The molecule has 6 atom stereocenters. The molecule has 1 spiro atoms. The Bertz CT molecular complexity index is 2180. The van der Waals surface area contributed by atoms with E-state index in [0.717, 1.165) is 55.1 Å². The van der Waals surface area contributed by atoms with E-state index >= 15 is 0 Å². The fraction of sp³-hybridized carbons (Fsp3) is 0.500. The summed E-state index contributed by atoms with van der Waals surface area (Å²) < 4.78 is 36.5. The fourth-order valence-electron chi connectivity index (χ4n) is 9.36. The van der Waals surface area contributed by atoms with E-state index in [0.29, 0.717) is 62.4 Å². The summed E-state index contributed by atoms with van der Waals surface area (Å²) in [5, 5.41) is 0.734. The van der Waals surface area contributed by atoms with E-state index in [1.807, 2.05) is 29.7 Å². The monoisotopic (exact) mass is 787 g/mol. The van der Waals surface area contributed by atoms with Gasteiger partial charge >= 0.3 is 0 Å². The average Bonchev–Trinajstić information content (AvgIpc) is 3.51. The highest BCUT2D eigenvalue weighted by Gasteiger charge is 2.44. The summed E-state index contributed by atoms with van der Waals surface area (Å²) in [6.45, 7) is 6.92. The van der Waals surface area contributed by atoms with E-state index in [-0.39, 0.29) is 34.7 Å². The van der Waals surface area contributed by atoms with Gasteiger partial charge in [0.15, 0.2) is 0 Å². The Morgan fingerprint density at radius 2 is 1.98 bits per heavy atom. The molecule has 0 radical (unpaired) electrons. The van der Waals surface area contributed by atoms with Gasteiger partial charge in [0.05, 0.1) is 36.3 Å². The molecule has 3 aliphatic heterocycles. The molecule has 3 amide bonds. The third-order valence-corrected chi connectivity index (χ3v) is 14.6. The quantitative estimate of drug-likeness (QED) is 0.298. The summed E-state index contributed by atoms with van der Waals surface area (Å²) in [4.78, 5) is 44.0. The third-order valence-electron chi connectivity index (χ3n) is 12.4. The van der Waals surface area contributed by atoms with E-state index in [4.69, 9.17) is 21.1 Å². The number of methoxy groups -OCH3 is 1. The van der Waals surface area contributed by atoms with Crippen molar-refractivity contribution in [2.24, 2.45) is 22.1 Å². The number of amides is 3. The summed E-state index contributed by atoms with van der Waals surface area (Å²) in [7, 11) is -1.82. The van der Waals surface area contributed by atoms with Gasteiger partial charge in [-0.25, -0.2) is 4.21 Å². The lowest BCUT2D eigenvalue weighted by molar-refractivity contribution is -0.130. The van der Waals surface area contributed by atoms with Gasteiger partial charge in [-0.05, 0) is 104 Å². The second-order valence-electron chi connectivity index (χ2n) is 16.2. The zero-order valence-electron chi connectivity index (χ0n) is 31.8. The maximum absolute atomic E-state index is 14.8. The molecule has 11 nitrogen and oxygen atoms in total. The number of anilines is 1. The first kappa shape index (κ1) is 37.8. The number of allylic oxidation sites excluding steroid dienone is 1. The Kier molecular flexibility index (Phi) is 10.4. The molecule has 1 aromatic heterocycles. The predicted octanol–water partition coefficient (Wildman–Crippen LogP) is 6.57. The number of aryl methyl sites for hydroxylation is 1. The molecule has 2 aliphatic carbocycles. The molecule has 3 aromatic rings. The number of nitrogens with one attached hydrogen (secondary N) is 1. The van der Waals surface area contributed by atoms with Crippen LogP contribution in [0.5, 0.6) is 5.75 Å². The van der Waals surface area contributed by atoms with Crippen LogP contribution >= 0.6 is 11.6 Å². The van der Waals surface area contributed by atoms with Crippen molar-refractivity contribution in [2.75, 3.05) is 44.0 Å². The Morgan fingerprint density at radius 1 is 1.13 bits per heavy atom. The molecule has 2 aromatic carbocycles. The Morgan fingerprint density at radius 3 is 2.76 bits per heavy atom. The number of carbonyl (C=O) groups excluding carboxylic acids is 3. The highest BCUT2D eigenvalue weighted by Crippen LogP contribution is 2.47. The second-order valence-corrected chi connectivity index (χ2v) is 18.7. The van der Waals surface area contributed by atoms with Gasteiger partial charge < -0.3 is 23.8 Å². The van der Waals surface area contributed by atoms with Crippen LogP contribution in [0.25, 0.3) is 0 Å². The van der Waals surface area contributed by atoms with Crippen LogP contribution in [0.3, 0.4) is 0 Å². The largest absolute Gasteiger partial charge is 0.490 e. The number of hydrogen-bond acceptors (Lipinski definition) is 7. The van der Waals surface area contributed by atoms with Gasteiger partial charge in [0, 0.05) is 68.1 Å². The smallest absolute Gasteiger partial charge is 0.286 e. The van der Waals surface area contributed by atoms with E-state index in [2.05, 4.69) is 38.3 Å². The predicted molar refractivity (Wildman–Crippen MR) is 213 cm³/mol. The topological polar surface area (TPSA) is 123 Å². The van der Waals surface area contributed by atoms with Crippen LogP contribution in [0, 0.1) is 17.8 Å². The van der Waals surface area contributed by atoms with E-state index in [1.54, 1.807) is 30.3 Å².